The molecule has 0 radical (unpaired) electrons. The zero-order valence-corrected chi connectivity index (χ0v) is 11.6. The Morgan fingerprint density at radius 2 is 2.17 bits per heavy atom. The molecule has 0 aliphatic carbocycles. The number of aromatic nitrogens is 2. The maximum Gasteiger partial charge on any atom is 0.221 e. The summed E-state index contributed by atoms with van der Waals surface area (Å²) in [4.78, 5) is 20.1. The van der Waals surface area contributed by atoms with E-state index < -0.39 is 0 Å². The van der Waals surface area contributed by atoms with E-state index >= 15 is 0 Å². The van der Waals surface area contributed by atoms with Crippen LogP contribution in [-0.4, -0.2) is 28.5 Å². The topological polar surface area (TPSA) is 66.9 Å². The monoisotopic (exact) mass is 250 g/mol. The van der Waals surface area contributed by atoms with Crippen molar-refractivity contribution in [3.05, 3.63) is 17.6 Å². The highest BCUT2D eigenvalue weighted by atomic mass is 16.1. The molecule has 1 heterocycles. The third-order valence-corrected chi connectivity index (χ3v) is 2.74. The van der Waals surface area contributed by atoms with Gasteiger partial charge in [-0.05, 0) is 27.2 Å². The van der Waals surface area contributed by atoms with Crippen molar-refractivity contribution in [1.29, 1.82) is 0 Å². The van der Waals surface area contributed by atoms with Gasteiger partial charge in [0.15, 0.2) is 0 Å². The fourth-order valence-electron chi connectivity index (χ4n) is 1.45. The standard InChI is InChI=1S/C13H22N4O/c1-5-9(2)16-12(18)6-7-14-13-11(4)15-8-10(3)17-13/h8-9H,5-7H2,1-4H3,(H,14,17)(H,16,18). The minimum atomic E-state index is 0.0649. The average Bonchev–Trinajstić information content (AvgIpc) is 2.33. The zero-order valence-electron chi connectivity index (χ0n) is 11.6. The Morgan fingerprint density at radius 3 is 2.83 bits per heavy atom. The van der Waals surface area contributed by atoms with Crippen LogP contribution >= 0.6 is 0 Å². The summed E-state index contributed by atoms with van der Waals surface area (Å²) in [6.45, 7) is 8.42. The lowest BCUT2D eigenvalue weighted by molar-refractivity contribution is -0.121. The van der Waals surface area contributed by atoms with E-state index in [1.165, 1.54) is 0 Å². The number of nitrogens with one attached hydrogen (secondary N) is 2. The molecule has 2 N–H and O–H groups in total. The second-order valence-corrected chi connectivity index (χ2v) is 4.50. The highest BCUT2D eigenvalue weighted by Gasteiger charge is 2.06. The van der Waals surface area contributed by atoms with E-state index in [9.17, 15) is 4.79 Å². The van der Waals surface area contributed by atoms with Gasteiger partial charge in [-0.1, -0.05) is 6.92 Å². The van der Waals surface area contributed by atoms with Crippen LogP contribution in [0.2, 0.25) is 0 Å². The second kappa shape index (κ2) is 6.93. The third-order valence-electron chi connectivity index (χ3n) is 2.74. The van der Waals surface area contributed by atoms with Crippen molar-refractivity contribution in [1.82, 2.24) is 15.3 Å². The molecule has 1 atom stereocenters. The van der Waals surface area contributed by atoms with E-state index in [0.717, 1.165) is 23.6 Å². The van der Waals surface area contributed by atoms with Gasteiger partial charge >= 0.3 is 0 Å². The number of anilines is 1. The van der Waals surface area contributed by atoms with Crippen molar-refractivity contribution in [2.24, 2.45) is 0 Å². The lowest BCUT2D eigenvalue weighted by Gasteiger charge is -2.12. The van der Waals surface area contributed by atoms with Gasteiger partial charge in [-0.25, -0.2) is 4.98 Å². The number of hydrogen-bond acceptors (Lipinski definition) is 4. The van der Waals surface area contributed by atoms with Crippen LogP contribution in [0.1, 0.15) is 38.1 Å². The molecule has 0 aliphatic rings. The minimum absolute atomic E-state index is 0.0649. The van der Waals surface area contributed by atoms with Gasteiger partial charge in [0.25, 0.3) is 0 Å². The maximum atomic E-state index is 11.6. The molecule has 1 unspecified atom stereocenters. The van der Waals surface area contributed by atoms with E-state index in [1.54, 1.807) is 6.20 Å². The Bertz CT molecular complexity index is 406. The first-order valence-corrected chi connectivity index (χ1v) is 6.36. The van der Waals surface area contributed by atoms with Crippen LogP contribution < -0.4 is 10.6 Å². The minimum Gasteiger partial charge on any atom is -0.368 e. The molecule has 5 heteroatoms. The summed E-state index contributed by atoms with van der Waals surface area (Å²) in [7, 11) is 0. The van der Waals surface area contributed by atoms with Crippen molar-refractivity contribution < 1.29 is 4.79 Å². The van der Waals surface area contributed by atoms with E-state index in [1.807, 2.05) is 20.8 Å². The zero-order chi connectivity index (χ0) is 13.5. The third kappa shape index (κ3) is 4.69. The van der Waals surface area contributed by atoms with Gasteiger partial charge in [0, 0.05) is 25.2 Å². The van der Waals surface area contributed by atoms with Crippen LogP contribution in [-0.2, 0) is 4.79 Å². The number of nitrogens with zero attached hydrogens (tertiary/aromatic N) is 2. The van der Waals surface area contributed by atoms with Gasteiger partial charge in [-0.2, -0.15) is 0 Å². The highest BCUT2D eigenvalue weighted by molar-refractivity contribution is 5.76. The summed E-state index contributed by atoms with van der Waals surface area (Å²) in [5.74, 6) is 0.821. The molecule has 0 fully saturated rings. The molecule has 1 aromatic rings. The SMILES string of the molecule is CCC(C)NC(=O)CCNc1nc(C)cnc1C. The second-order valence-electron chi connectivity index (χ2n) is 4.50. The van der Waals surface area contributed by atoms with Gasteiger partial charge in [0.2, 0.25) is 5.91 Å². The molecule has 0 saturated heterocycles. The van der Waals surface area contributed by atoms with Gasteiger partial charge in [0.05, 0.1) is 11.4 Å². The number of carbonyl (C=O) groups excluding carboxylic acids is 1. The smallest absolute Gasteiger partial charge is 0.221 e. The molecule has 0 spiro atoms. The molecule has 1 amide bonds. The van der Waals surface area contributed by atoms with Crippen LogP contribution in [0.3, 0.4) is 0 Å². The summed E-state index contributed by atoms with van der Waals surface area (Å²) >= 11 is 0. The fraction of sp³-hybridized carbons (Fsp3) is 0.615. The molecule has 18 heavy (non-hydrogen) atoms. The van der Waals surface area contributed by atoms with Crippen LogP contribution in [0.4, 0.5) is 5.82 Å². The molecule has 0 saturated carbocycles. The molecule has 5 nitrogen and oxygen atoms in total. The Hall–Kier alpha value is -1.65. The highest BCUT2D eigenvalue weighted by Crippen LogP contribution is 2.08. The summed E-state index contributed by atoms with van der Waals surface area (Å²) < 4.78 is 0. The van der Waals surface area contributed by atoms with Crippen molar-refractivity contribution in [2.75, 3.05) is 11.9 Å². The van der Waals surface area contributed by atoms with Crippen LogP contribution in [0.5, 0.6) is 0 Å². The lowest BCUT2D eigenvalue weighted by Crippen LogP contribution is -2.33. The normalized spacial score (nSPS) is 12.0. The number of aryl methyl sites for hydroxylation is 2. The lowest BCUT2D eigenvalue weighted by atomic mass is 10.2. The molecular weight excluding hydrogens is 228 g/mol. The Morgan fingerprint density at radius 1 is 1.44 bits per heavy atom. The molecular formula is C13H22N4O. The van der Waals surface area contributed by atoms with Gasteiger partial charge in [0.1, 0.15) is 5.82 Å². The quantitative estimate of drug-likeness (QED) is 0.808. The van der Waals surface area contributed by atoms with E-state index in [0.29, 0.717) is 13.0 Å². The Kier molecular flexibility index (Phi) is 5.55. The first-order valence-electron chi connectivity index (χ1n) is 6.36. The number of amides is 1. The van der Waals surface area contributed by atoms with E-state index in [2.05, 4.69) is 27.5 Å². The molecule has 1 rings (SSSR count). The van der Waals surface area contributed by atoms with E-state index in [-0.39, 0.29) is 11.9 Å². The predicted octanol–water partition coefficient (Wildman–Crippen LogP) is 1.81. The fourth-order valence-corrected chi connectivity index (χ4v) is 1.45. The summed E-state index contributed by atoms with van der Waals surface area (Å²) in [6, 6.07) is 0.234. The summed E-state index contributed by atoms with van der Waals surface area (Å²) in [6.07, 6.45) is 3.12. The summed E-state index contributed by atoms with van der Waals surface area (Å²) in [5.41, 5.74) is 1.72. The Labute approximate surface area is 108 Å². The van der Waals surface area contributed by atoms with E-state index in [4.69, 9.17) is 0 Å². The van der Waals surface area contributed by atoms with Crippen molar-refractivity contribution in [3.63, 3.8) is 0 Å². The van der Waals surface area contributed by atoms with Crippen molar-refractivity contribution in [2.45, 2.75) is 46.6 Å². The van der Waals surface area contributed by atoms with Crippen LogP contribution in [0, 0.1) is 13.8 Å². The van der Waals surface area contributed by atoms with Gasteiger partial charge < -0.3 is 10.6 Å². The molecule has 0 aliphatic heterocycles. The maximum absolute atomic E-state index is 11.6. The first kappa shape index (κ1) is 14.4. The molecule has 100 valence electrons. The van der Waals surface area contributed by atoms with Gasteiger partial charge in [-0.3, -0.25) is 9.78 Å². The van der Waals surface area contributed by atoms with Crippen molar-refractivity contribution in [3.8, 4) is 0 Å². The van der Waals surface area contributed by atoms with Crippen LogP contribution in [0.15, 0.2) is 6.20 Å². The first-order chi connectivity index (χ1) is 8.52. The number of rotatable bonds is 6. The summed E-state index contributed by atoms with van der Waals surface area (Å²) in [5, 5.41) is 6.07. The number of carbonyl (C=O) groups is 1. The molecule has 0 aromatic carbocycles. The van der Waals surface area contributed by atoms with Crippen molar-refractivity contribution >= 4 is 11.7 Å². The van der Waals surface area contributed by atoms with Gasteiger partial charge in [-0.15, -0.1) is 0 Å². The predicted molar refractivity (Wildman–Crippen MR) is 72.5 cm³/mol. The Balaban J connectivity index is 2.37. The van der Waals surface area contributed by atoms with Crippen LogP contribution in [0.25, 0.3) is 0 Å². The molecule has 1 aromatic heterocycles. The largest absolute Gasteiger partial charge is 0.368 e. The molecule has 0 bridgehead atoms. The number of hydrogen-bond donors (Lipinski definition) is 2. The average molecular weight is 250 g/mol.